The minimum atomic E-state index is 0.110. The normalized spacial score (nSPS) is 24.3. The van der Waals surface area contributed by atoms with Crippen LogP contribution in [0, 0.1) is 18.8 Å². The Kier molecular flexibility index (Phi) is 5.58. The molecule has 4 nitrogen and oxygen atoms in total. The number of hydrogen-bond acceptors (Lipinski definition) is 3. The van der Waals surface area contributed by atoms with Crippen LogP contribution in [0.2, 0.25) is 0 Å². The van der Waals surface area contributed by atoms with Crippen LogP contribution in [0.25, 0.3) is 0 Å². The lowest BCUT2D eigenvalue weighted by Crippen LogP contribution is -2.46. The number of nitrogens with zero attached hydrogens (tertiary/aromatic N) is 2. The van der Waals surface area contributed by atoms with Crippen molar-refractivity contribution in [1.29, 1.82) is 0 Å². The van der Waals surface area contributed by atoms with Crippen molar-refractivity contribution in [3.05, 3.63) is 29.6 Å². The molecule has 0 radical (unpaired) electrons. The molecule has 1 unspecified atom stereocenters. The van der Waals surface area contributed by atoms with Gasteiger partial charge in [0.05, 0.1) is 11.7 Å². The summed E-state index contributed by atoms with van der Waals surface area (Å²) in [7, 11) is 0. The molecule has 1 atom stereocenters. The summed E-state index contributed by atoms with van der Waals surface area (Å²) < 4.78 is 0. The van der Waals surface area contributed by atoms with E-state index in [2.05, 4.69) is 28.2 Å². The number of rotatable bonds is 5. The van der Waals surface area contributed by atoms with Gasteiger partial charge in [-0.1, -0.05) is 19.3 Å². The number of hydrogen-bond donors (Lipinski definition) is 1. The quantitative estimate of drug-likeness (QED) is 0.868. The maximum absolute atomic E-state index is 12.9. The monoisotopic (exact) mass is 355 g/mol. The molecule has 1 amide bonds. The number of carbonyl (C=O) groups excluding carboxylic acids is 1. The molecule has 142 valence electrons. The summed E-state index contributed by atoms with van der Waals surface area (Å²) in [6.45, 7) is 4.29. The first-order chi connectivity index (χ1) is 12.7. The SMILES string of the molecule is Cc1ccnc(C(NC(=O)C2CCN(C3CCCCC3)CC2)C2CC2)c1. The predicted octanol–water partition coefficient (Wildman–Crippen LogP) is 4.00. The lowest BCUT2D eigenvalue weighted by atomic mass is 9.89. The number of nitrogens with one attached hydrogen (secondary N) is 1. The zero-order valence-corrected chi connectivity index (χ0v) is 16.1. The molecule has 4 rings (SSSR count). The molecular weight excluding hydrogens is 322 g/mol. The van der Waals surface area contributed by atoms with E-state index in [1.165, 1.54) is 50.5 Å². The number of likely N-dealkylation sites (tertiary alicyclic amines) is 1. The van der Waals surface area contributed by atoms with Gasteiger partial charge in [-0.05, 0) is 82.2 Å². The van der Waals surface area contributed by atoms with Crippen LogP contribution in [-0.4, -0.2) is 34.9 Å². The van der Waals surface area contributed by atoms with Gasteiger partial charge in [-0.15, -0.1) is 0 Å². The zero-order valence-electron chi connectivity index (χ0n) is 16.1. The Labute approximate surface area is 157 Å². The van der Waals surface area contributed by atoms with E-state index in [0.717, 1.165) is 37.7 Å². The highest BCUT2D eigenvalue weighted by Crippen LogP contribution is 2.41. The second-order valence-corrected chi connectivity index (χ2v) is 8.68. The van der Waals surface area contributed by atoms with Gasteiger partial charge in [0, 0.05) is 18.2 Å². The Balaban J connectivity index is 1.33. The third kappa shape index (κ3) is 4.28. The fourth-order valence-corrected chi connectivity index (χ4v) is 4.84. The molecule has 1 aromatic heterocycles. The molecule has 1 N–H and O–H groups in total. The Morgan fingerprint density at radius 1 is 1.12 bits per heavy atom. The minimum Gasteiger partial charge on any atom is -0.347 e. The van der Waals surface area contributed by atoms with Gasteiger partial charge in [-0.2, -0.15) is 0 Å². The molecule has 3 fully saturated rings. The largest absolute Gasteiger partial charge is 0.347 e. The van der Waals surface area contributed by atoms with Crippen LogP contribution in [0.5, 0.6) is 0 Å². The number of aryl methyl sites for hydroxylation is 1. The zero-order chi connectivity index (χ0) is 17.9. The maximum Gasteiger partial charge on any atom is 0.223 e. The lowest BCUT2D eigenvalue weighted by Gasteiger charge is -2.39. The van der Waals surface area contributed by atoms with Gasteiger partial charge in [0.1, 0.15) is 0 Å². The smallest absolute Gasteiger partial charge is 0.223 e. The fourth-order valence-electron chi connectivity index (χ4n) is 4.84. The van der Waals surface area contributed by atoms with Crippen LogP contribution in [0.15, 0.2) is 18.3 Å². The highest BCUT2D eigenvalue weighted by atomic mass is 16.2. The van der Waals surface area contributed by atoms with E-state index in [1.54, 1.807) is 0 Å². The van der Waals surface area contributed by atoms with Crippen molar-refractivity contribution < 1.29 is 4.79 Å². The van der Waals surface area contributed by atoms with Gasteiger partial charge in [0.15, 0.2) is 0 Å². The number of piperidine rings is 1. The van der Waals surface area contributed by atoms with E-state index in [1.807, 2.05) is 12.3 Å². The molecule has 2 aliphatic carbocycles. The molecule has 4 heteroatoms. The molecule has 0 aromatic carbocycles. The van der Waals surface area contributed by atoms with Crippen LogP contribution in [0.1, 0.15) is 75.1 Å². The molecule has 26 heavy (non-hydrogen) atoms. The molecule has 0 spiro atoms. The molecular formula is C22H33N3O. The molecule has 1 aromatic rings. The van der Waals surface area contributed by atoms with E-state index < -0.39 is 0 Å². The van der Waals surface area contributed by atoms with E-state index in [-0.39, 0.29) is 17.9 Å². The minimum absolute atomic E-state index is 0.110. The second kappa shape index (κ2) is 8.08. The second-order valence-electron chi connectivity index (χ2n) is 8.68. The van der Waals surface area contributed by atoms with Crippen LogP contribution < -0.4 is 5.32 Å². The van der Waals surface area contributed by atoms with Gasteiger partial charge in [-0.25, -0.2) is 0 Å². The van der Waals surface area contributed by atoms with E-state index in [9.17, 15) is 4.79 Å². The molecule has 2 heterocycles. The topological polar surface area (TPSA) is 45.2 Å². The van der Waals surface area contributed by atoms with Gasteiger partial charge < -0.3 is 10.2 Å². The van der Waals surface area contributed by atoms with Crippen molar-refractivity contribution in [3.63, 3.8) is 0 Å². The van der Waals surface area contributed by atoms with E-state index in [4.69, 9.17) is 0 Å². The van der Waals surface area contributed by atoms with Gasteiger partial charge in [-0.3, -0.25) is 9.78 Å². The summed E-state index contributed by atoms with van der Waals surface area (Å²) in [4.78, 5) is 20.1. The Hall–Kier alpha value is -1.42. The summed E-state index contributed by atoms with van der Waals surface area (Å²) in [6, 6.07) is 5.05. The lowest BCUT2D eigenvalue weighted by molar-refractivity contribution is -0.127. The van der Waals surface area contributed by atoms with Crippen molar-refractivity contribution in [2.24, 2.45) is 11.8 Å². The number of pyridine rings is 1. The molecule has 3 aliphatic rings. The molecule has 1 aliphatic heterocycles. The van der Waals surface area contributed by atoms with Crippen molar-refractivity contribution >= 4 is 5.91 Å². The summed E-state index contributed by atoms with van der Waals surface area (Å²) in [6.07, 6.45) is 13.2. The number of carbonyl (C=O) groups is 1. The summed E-state index contributed by atoms with van der Waals surface area (Å²) >= 11 is 0. The maximum atomic E-state index is 12.9. The fraction of sp³-hybridized carbons (Fsp3) is 0.727. The highest BCUT2D eigenvalue weighted by molar-refractivity contribution is 5.79. The van der Waals surface area contributed by atoms with Crippen LogP contribution in [-0.2, 0) is 4.79 Å². The highest BCUT2D eigenvalue weighted by Gasteiger charge is 2.36. The number of aromatic nitrogens is 1. The van der Waals surface area contributed by atoms with Crippen LogP contribution in [0.3, 0.4) is 0 Å². The molecule has 2 saturated carbocycles. The Morgan fingerprint density at radius 2 is 1.85 bits per heavy atom. The molecule has 1 saturated heterocycles. The standard InChI is InChI=1S/C22H33N3O/c1-16-9-12-23-20(15-16)21(17-7-8-17)24-22(26)18-10-13-25(14-11-18)19-5-3-2-4-6-19/h9,12,15,17-19,21H,2-8,10-11,13-14H2,1H3,(H,24,26). The molecule has 0 bridgehead atoms. The van der Waals surface area contributed by atoms with Crippen molar-refractivity contribution in [3.8, 4) is 0 Å². The summed E-state index contributed by atoms with van der Waals surface area (Å²) in [5.41, 5.74) is 2.26. The third-order valence-corrected chi connectivity index (χ3v) is 6.64. The van der Waals surface area contributed by atoms with Gasteiger partial charge in [0.25, 0.3) is 0 Å². The van der Waals surface area contributed by atoms with Crippen molar-refractivity contribution in [2.75, 3.05) is 13.1 Å². The average Bonchev–Trinajstić information content (AvgIpc) is 3.52. The van der Waals surface area contributed by atoms with Crippen molar-refractivity contribution in [2.45, 2.75) is 76.8 Å². The number of amides is 1. The first-order valence-corrected chi connectivity index (χ1v) is 10.7. The summed E-state index contributed by atoms with van der Waals surface area (Å²) in [5.74, 6) is 1.02. The van der Waals surface area contributed by atoms with Gasteiger partial charge in [0.2, 0.25) is 5.91 Å². The summed E-state index contributed by atoms with van der Waals surface area (Å²) in [5, 5.41) is 3.37. The Morgan fingerprint density at radius 3 is 2.50 bits per heavy atom. The van der Waals surface area contributed by atoms with Crippen molar-refractivity contribution in [1.82, 2.24) is 15.2 Å². The van der Waals surface area contributed by atoms with E-state index >= 15 is 0 Å². The van der Waals surface area contributed by atoms with Crippen LogP contribution in [0.4, 0.5) is 0 Å². The van der Waals surface area contributed by atoms with Gasteiger partial charge >= 0.3 is 0 Å². The predicted molar refractivity (Wildman–Crippen MR) is 104 cm³/mol. The van der Waals surface area contributed by atoms with E-state index in [0.29, 0.717) is 5.92 Å². The first-order valence-electron chi connectivity index (χ1n) is 10.7. The Bertz CT molecular complexity index is 614. The first kappa shape index (κ1) is 18.0. The third-order valence-electron chi connectivity index (χ3n) is 6.64. The average molecular weight is 356 g/mol. The van der Waals surface area contributed by atoms with Crippen LogP contribution >= 0.6 is 0 Å².